The molecule has 200 valence electrons. The van der Waals surface area contributed by atoms with E-state index in [9.17, 15) is 4.79 Å². The van der Waals surface area contributed by atoms with Crippen molar-refractivity contribution in [3.63, 3.8) is 0 Å². The molecule has 3 aromatic rings. The van der Waals surface area contributed by atoms with Crippen LogP contribution < -0.4 is 19.7 Å². The Hall–Kier alpha value is -3.92. The van der Waals surface area contributed by atoms with E-state index < -0.39 is 0 Å². The van der Waals surface area contributed by atoms with Crippen molar-refractivity contribution in [3.8, 4) is 11.5 Å². The van der Waals surface area contributed by atoms with E-state index in [1.54, 1.807) is 26.4 Å². The largest absolute Gasteiger partial charge is 0.494 e. The summed E-state index contributed by atoms with van der Waals surface area (Å²) < 4.78 is 11.0. The minimum absolute atomic E-state index is 0.0534. The van der Waals surface area contributed by atoms with Gasteiger partial charge in [-0.05, 0) is 49.7 Å². The Balaban J connectivity index is 1.66. The smallest absolute Gasteiger partial charge is 0.220 e. The van der Waals surface area contributed by atoms with E-state index in [1.807, 2.05) is 62.5 Å². The van der Waals surface area contributed by atoms with Gasteiger partial charge in [0.2, 0.25) is 5.91 Å². The summed E-state index contributed by atoms with van der Waals surface area (Å²) in [6.07, 6.45) is 1.25. The molecule has 0 saturated heterocycles. The lowest BCUT2D eigenvalue weighted by Gasteiger charge is -2.19. The molecule has 38 heavy (non-hydrogen) atoms. The molecule has 0 atom stereocenters. The number of nitrogens with one attached hydrogen (secondary N) is 1. The molecular weight excluding hydrogens is 500 g/mol. The first-order valence-corrected chi connectivity index (χ1v) is 12.9. The second-order valence-corrected chi connectivity index (χ2v) is 8.99. The maximum Gasteiger partial charge on any atom is 0.220 e. The molecule has 0 radical (unpaired) electrons. The number of amides is 1. The van der Waals surface area contributed by atoms with Gasteiger partial charge in [-0.3, -0.25) is 4.79 Å². The van der Waals surface area contributed by atoms with Crippen LogP contribution in [0, 0.1) is 6.92 Å². The third-order valence-electron chi connectivity index (χ3n) is 5.68. The molecule has 10 heteroatoms. The maximum atomic E-state index is 11.7. The van der Waals surface area contributed by atoms with Crippen molar-refractivity contribution in [3.05, 3.63) is 66.2 Å². The minimum Gasteiger partial charge on any atom is -0.494 e. The number of benzene rings is 3. The van der Waals surface area contributed by atoms with E-state index in [-0.39, 0.29) is 5.91 Å². The van der Waals surface area contributed by atoms with Crippen LogP contribution >= 0.6 is 12.6 Å². The van der Waals surface area contributed by atoms with E-state index >= 15 is 0 Å². The number of carbonyl (C=O) groups excluding carboxylic acids is 1. The summed E-state index contributed by atoms with van der Waals surface area (Å²) in [5.41, 5.74) is 4.65. The number of carbonyl (C=O) groups is 1. The van der Waals surface area contributed by atoms with Gasteiger partial charge in [0.25, 0.3) is 0 Å². The molecule has 0 spiro atoms. The number of nitrogens with zero attached hydrogens (tertiary/aromatic N) is 5. The lowest BCUT2D eigenvalue weighted by atomic mass is 10.2. The summed E-state index contributed by atoms with van der Waals surface area (Å²) in [5.74, 6) is 1.70. The number of hydrogen-bond donors (Lipinski definition) is 2. The predicted octanol–water partition coefficient (Wildman–Crippen LogP) is 7.11. The lowest BCUT2D eigenvalue weighted by molar-refractivity contribution is -0.121. The van der Waals surface area contributed by atoms with Gasteiger partial charge in [-0.15, -0.1) is 10.2 Å². The molecule has 3 rings (SSSR count). The average molecular weight is 535 g/mol. The quantitative estimate of drug-likeness (QED) is 0.180. The van der Waals surface area contributed by atoms with Crippen LogP contribution in [0.1, 0.15) is 18.4 Å². The number of anilines is 1. The third-order valence-corrected chi connectivity index (χ3v) is 5.91. The zero-order valence-corrected chi connectivity index (χ0v) is 23.1. The number of azo groups is 2. The van der Waals surface area contributed by atoms with E-state index in [0.717, 1.165) is 29.9 Å². The van der Waals surface area contributed by atoms with Gasteiger partial charge in [-0.1, -0.05) is 17.7 Å². The number of thiol groups is 1. The molecule has 9 nitrogen and oxygen atoms in total. The highest BCUT2D eigenvalue weighted by Gasteiger charge is 2.12. The van der Waals surface area contributed by atoms with E-state index in [1.165, 1.54) is 0 Å². The number of methoxy groups -OCH3 is 2. The molecule has 1 amide bonds. The molecule has 0 unspecified atom stereocenters. The van der Waals surface area contributed by atoms with E-state index in [4.69, 9.17) is 9.47 Å². The second-order valence-electron chi connectivity index (χ2n) is 8.55. The highest BCUT2D eigenvalue weighted by Crippen LogP contribution is 2.41. The zero-order valence-electron chi connectivity index (χ0n) is 22.2. The Morgan fingerprint density at radius 2 is 1.39 bits per heavy atom. The molecule has 0 aliphatic rings. The number of ether oxygens (including phenoxy) is 2. The van der Waals surface area contributed by atoms with Crippen molar-refractivity contribution in [1.82, 2.24) is 5.32 Å². The highest BCUT2D eigenvalue weighted by molar-refractivity contribution is 7.80. The minimum atomic E-state index is 0.0534. The van der Waals surface area contributed by atoms with Crippen LogP contribution in [-0.4, -0.2) is 46.0 Å². The van der Waals surface area contributed by atoms with Crippen molar-refractivity contribution in [2.45, 2.75) is 19.8 Å². The van der Waals surface area contributed by atoms with Crippen molar-refractivity contribution in [1.29, 1.82) is 0 Å². The summed E-state index contributed by atoms with van der Waals surface area (Å²) >= 11 is 4.10. The van der Waals surface area contributed by atoms with Crippen LogP contribution in [0.15, 0.2) is 81.1 Å². The molecule has 0 fully saturated rings. The fraction of sp³-hybridized carbons (Fsp3) is 0.321. The first kappa shape index (κ1) is 28.6. The number of aryl methyl sites for hydroxylation is 1. The fourth-order valence-electron chi connectivity index (χ4n) is 3.52. The van der Waals surface area contributed by atoms with Gasteiger partial charge >= 0.3 is 0 Å². The summed E-state index contributed by atoms with van der Waals surface area (Å²) in [4.78, 5) is 13.8. The van der Waals surface area contributed by atoms with Crippen LogP contribution in [0.3, 0.4) is 0 Å². The van der Waals surface area contributed by atoms with E-state index in [2.05, 4.69) is 43.3 Å². The van der Waals surface area contributed by atoms with Crippen LogP contribution in [0.25, 0.3) is 0 Å². The van der Waals surface area contributed by atoms with Crippen LogP contribution in [-0.2, 0) is 4.79 Å². The van der Waals surface area contributed by atoms with Crippen LogP contribution in [0.4, 0.5) is 28.4 Å². The topological polar surface area (TPSA) is 100 Å². The SMILES string of the molecule is COc1cc(/N=N/c2ccc(N(C)CCCC(=O)NCCS)cc2)c(OC)cc1/N=N/c1ccc(C)cc1. The Labute approximate surface area is 229 Å². The lowest BCUT2D eigenvalue weighted by Crippen LogP contribution is -2.26. The van der Waals surface area contributed by atoms with Gasteiger partial charge in [0.1, 0.15) is 22.9 Å². The molecular formula is C28H34N6O3S. The van der Waals surface area contributed by atoms with Gasteiger partial charge in [-0.2, -0.15) is 22.9 Å². The summed E-state index contributed by atoms with van der Waals surface area (Å²) in [7, 11) is 5.13. The molecule has 1 N–H and O–H groups in total. The fourth-order valence-corrected chi connectivity index (χ4v) is 3.63. The molecule has 0 bridgehead atoms. The molecule has 0 heterocycles. The molecule has 0 aromatic heterocycles. The van der Waals surface area contributed by atoms with Crippen molar-refractivity contribution in [2.75, 3.05) is 45.0 Å². The summed E-state index contributed by atoms with van der Waals surface area (Å²) in [6.45, 7) is 3.38. The summed E-state index contributed by atoms with van der Waals surface area (Å²) in [6, 6.07) is 18.9. The first-order valence-electron chi connectivity index (χ1n) is 12.3. The molecule has 3 aromatic carbocycles. The zero-order chi connectivity index (χ0) is 27.3. The Morgan fingerprint density at radius 1 is 0.868 bits per heavy atom. The van der Waals surface area contributed by atoms with Gasteiger partial charge < -0.3 is 19.7 Å². The van der Waals surface area contributed by atoms with Gasteiger partial charge in [0.15, 0.2) is 0 Å². The van der Waals surface area contributed by atoms with Crippen molar-refractivity contribution in [2.24, 2.45) is 20.5 Å². The predicted molar refractivity (Wildman–Crippen MR) is 155 cm³/mol. The molecule has 0 saturated carbocycles. The highest BCUT2D eigenvalue weighted by atomic mass is 32.1. The Morgan fingerprint density at radius 3 is 1.89 bits per heavy atom. The first-order chi connectivity index (χ1) is 18.4. The van der Waals surface area contributed by atoms with Crippen molar-refractivity contribution >= 4 is 47.0 Å². The standard InChI is InChI=1S/C28H34N6O3S/c1-20-7-9-21(10-8-20)30-32-24-18-27(37-4)25(19-26(24)36-3)33-31-22-11-13-23(14-12-22)34(2)16-5-6-28(35)29-15-17-38/h7-14,18-19,38H,5-6,15-17H2,1-4H3,(H,29,35)/b32-30+,33-31+. The normalized spacial score (nSPS) is 11.2. The number of hydrogen-bond acceptors (Lipinski definition) is 9. The summed E-state index contributed by atoms with van der Waals surface area (Å²) in [5, 5.41) is 20.2. The number of rotatable bonds is 13. The van der Waals surface area contributed by atoms with Gasteiger partial charge in [0.05, 0.1) is 25.6 Å². The molecule has 0 aliphatic carbocycles. The monoisotopic (exact) mass is 534 g/mol. The van der Waals surface area contributed by atoms with Gasteiger partial charge in [0, 0.05) is 50.1 Å². The maximum absolute atomic E-state index is 11.7. The molecule has 0 aliphatic heterocycles. The Bertz CT molecular complexity index is 1250. The Kier molecular flexibility index (Phi) is 11.1. The van der Waals surface area contributed by atoms with E-state index in [0.29, 0.717) is 47.3 Å². The second kappa shape index (κ2) is 14.7. The average Bonchev–Trinajstić information content (AvgIpc) is 2.94. The van der Waals surface area contributed by atoms with Crippen LogP contribution in [0.5, 0.6) is 11.5 Å². The third kappa shape index (κ3) is 8.58. The van der Waals surface area contributed by atoms with Gasteiger partial charge in [-0.25, -0.2) is 0 Å². The van der Waals surface area contributed by atoms with Crippen molar-refractivity contribution < 1.29 is 14.3 Å². The van der Waals surface area contributed by atoms with Crippen LogP contribution in [0.2, 0.25) is 0 Å².